The molecule has 1 N–H and O–H groups in total. The van der Waals surface area contributed by atoms with E-state index in [0.29, 0.717) is 17.7 Å². The summed E-state index contributed by atoms with van der Waals surface area (Å²) in [6, 6.07) is 21.2. The van der Waals surface area contributed by atoms with E-state index in [2.05, 4.69) is 17.1 Å². The molecule has 6 nitrogen and oxygen atoms in total. The van der Waals surface area contributed by atoms with Gasteiger partial charge in [0.1, 0.15) is 12.0 Å². The van der Waals surface area contributed by atoms with E-state index in [1.165, 1.54) is 12.1 Å². The van der Waals surface area contributed by atoms with Crippen molar-refractivity contribution in [2.24, 2.45) is 0 Å². The lowest BCUT2D eigenvalue weighted by Crippen LogP contribution is -2.48. The normalized spacial score (nSPS) is 18.0. The summed E-state index contributed by atoms with van der Waals surface area (Å²) in [6.07, 6.45) is -0.401. The zero-order valence-electron chi connectivity index (χ0n) is 19.8. The molecule has 7 heteroatoms. The molecule has 0 spiro atoms. The van der Waals surface area contributed by atoms with Crippen LogP contribution in [0.1, 0.15) is 44.9 Å². The Morgan fingerprint density at radius 2 is 1.71 bits per heavy atom. The molecule has 0 aliphatic carbocycles. The first kappa shape index (κ1) is 23.1. The van der Waals surface area contributed by atoms with Gasteiger partial charge in [-0.25, -0.2) is 4.39 Å². The number of likely N-dealkylation sites (N-methyl/N-ethyl adjacent to an activating group) is 1. The van der Waals surface area contributed by atoms with Crippen molar-refractivity contribution in [1.82, 2.24) is 14.7 Å². The minimum atomic E-state index is -0.401. The second-order valence-electron chi connectivity index (χ2n) is 9.00. The number of rotatable bonds is 6. The average Bonchev–Trinajstić information content (AvgIpc) is 3.16. The van der Waals surface area contributed by atoms with Crippen LogP contribution in [0, 0.1) is 5.82 Å². The van der Waals surface area contributed by atoms with Crippen molar-refractivity contribution in [3.8, 4) is 0 Å². The first-order chi connectivity index (χ1) is 17.0. The first-order valence-electron chi connectivity index (χ1n) is 12.1. The van der Waals surface area contributed by atoms with Crippen molar-refractivity contribution in [2.75, 3.05) is 38.0 Å². The van der Waals surface area contributed by atoms with E-state index in [1.54, 1.807) is 17.0 Å². The number of anilines is 1. The minimum absolute atomic E-state index is 0.0236. The molecule has 2 amide bonds. The number of fused-ring (bicyclic) bond motifs is 1. The van der Waals surface area contributed by atoms with Gasteiger partial charge in [-0.2, -0.15) is 0 Å². The Balaban J connectivity index is 1.38. The molecule has 0 bridgehead atoms. The van der Waals surface area contributed by atoms with Crippen molar-refractivity contribution in [3.05, 3.63) is 101 Å². The van der Waals surface area contributed by atoms with Gasteiger partial charge in [0.15, 0.2) is 0 Å². The van der Waals surface area contributed by atoms with Crippen LogP contribution in [0.5, 0.6) is 0 Å². The summed E-state index contributed by atoms with van der Waals surface area (Å²) in [6.45, 7) is 6.70. The number of amides is 2. The fourth-order valence-electron chi connectivity index (χ4n) is 4.82. The largest absolute Gasteiger partial charge is 0.361 e. The molecule has 2 aliphatic heterocycles. The molecule has 1 saturated heterocycles. The zero-order chi connectivity index (χ0) is 24.4. The molecular weight excluding hydrogens is 443 g/mol. The summed E-state index contributed by atoms with van der Waals surface area (Å²) in [7, 11) is 0. The van der Waals surface area contributed by atoms with Crippen LogP contribution < -0.4 is 5.32 Å². The number of carbonyl (C=O) groups excluding carboxylic acids is 2. The Kier molecular flexibility index (Phi) is 6.51. The summed E-state index contributed by atoms with van der Waals surface area (Å²) in [5.74, 6) is -0.365. The highest BCUT2D eigenvalue weighted by Gasteiger charge is 2.36. The Morgan fingerprint density at radius 1 is 0.971 bits per heavy atom. The van der Waals surface area contributed by atoms with E-state index in [9.17, 15) is 14.0 Å². The van der Waals surface area contributed by atoms with E-state index < -0.39 is 6.17 Å². The molecule has 180 valence electrons. The Labute approximate surface area is 205 Å². The molecule has 0 aromatic heterocycles. The van der Waals surface area contributed by atoms with E-state index in [4.69, 9.17) is 0 Å². The van der Waals surface area contributed by atoms with Crippen LogP contribution in [0.4, 0.5) is 10.1 Å². The molecular formula is C28H29FN4O2. The lowest BCUT2D eigenvalue weighted by molar-refractivity contribution is 0.0642. The fraction of sp³-hybridized carbons (Fsp3) is 0.286. The van der Waals surface area contributed by atoms with Crippen LogP contribution in [0.15, 0.2) is 72.8 Å². The fourth-order valence-corrected chi connectivity index (χ4v) is 4.82. The molecule has 3 aromatic carbocycles. The Hall–Kier alpha value is -3.71. The number of benzene rings is 3. The van der Waals surface area contributed by atoms with Gasteiger partial charge >= 0.3 is 0 Å². The lowest BCUT2D eigenvalue weighted by Gasteiger charge is -2.34. The second kappa shape index (κ2) is 9.88. The first-order valence-corrected chi connectivity index (χ1v) is 12.1. The second-order valence-corrected chi connectivity index (χ2v) is 9.00. The van der Waals surface area contributed by atoms with Crippen molar-refractivity contribution >= 4 is 17.5 Å². The van der Waals surface area contributed by atoms with Gasteiger partial charge in [-0.3, -0.25) is 9.59 Å². The van der Waals surface area contributed by atoms with Crippen molar-refractivity contribution in [3.63, 3.8) is 0 Å². The van der Waals surface area contributed by atoms with E-state index >= 15 is 0 Å². The molecule has 1 fully saturated rings. The highest BCUT2D eigenvalue weighted by Crippen LogP contribution is 2.35. The van der Waals surface area contributed by atoms with Gasteiger partial charge in [0.2, 0.25) is 0 Å². The predicted octanol–water partition coefficient (Wildman–Crippen LogP) is 4.37. The molecule has 35 heavy (non-hydrogen) atoms. The maximum absolute atomic E-state index is 13.4. The Bertz CT molecular complexity index is 1220. The topological polar surface area (TPSA) is 55.9 Å². The Morgan fingerprint density at radius 3 is 2.46 bits per heavy atom. The molecule has 3 aromatic rings. The third kappa shape index (κ3) is 4.77. The molecule has 1 unspecified atom stereocenters. The number of hydrogen-bond acceptors (Lipinski definition) is 4. The number of piperazine rings is 1. The van der Waals surface area contributed by atoms with Crippen LogP contribution in [0.2, 0.25) is 0 Å². The maximum atomic E-state index is 13.4. The number of nitrogens with one attached hydrogen (secondary N) is 1. The van der Waals surface area contributed by atoms with Gasteiger partial charge < -0.3 is 20.0 Å². The minimum Gasteiger partial charge on any atom is -0.361 e. The van der Waals surface area contributed by atoms with Crippen LogP contribution in [-0.4, -0.2) is 59.2 Å². The summed E-state index contributed by atoms with van der Waals surface area (Å²) in [4.78, 5) is 32.4. The quantitative estimate of drug-likeness (QED) is 0.579. The number of carbonyl (C=O) groups is 2. The van der Waals surface area contributed by atoms with Gasteiger partial charge in [0, 0.05) is 55.1 Å². The predicted molar refractivity (Wildman–Crippen MR) is 134 cm³/mol. The van der Waals surface area contributed by atoms with Crippen molar-refractivity contribution < 1.29 is 14.0 Å². The van der Waals surface area contributed by atoms with E-state index in [0.717, 1.165) is 49.5 Å². The van der Waals surface area contributed by atoms with E-state index in [-0.39, 0.29) is 17.6 Å². The molecule has 0 saturated carbocycles. The smallest absolute Gasteiger partial charge is 0.256 e. The highest BCUT2D eigenvalue weighted by molar-refractivity contribution is 5.99. The molecule has 1 atom stereocenters. The third-order valence-corrected chi connectivity index (χ3v) is 6.84. The van der Waals surface area contributed by atoms with Crippen molar-refractivity contribution in [1.29, 1.82) is 0 Å². The summed E-state index contributed by atoms with van der Waals surface area (Å²) in [5.41, 5.74) is 3.76. The number of hydrogen-bond donors (Lipinski definition) is 1. The number of nitrogens with zero attached hydrogens (tertiary/aromatic N) is 3. The average molecular weight is 473 g/mol. The van der Waals surface area contributed by atoms with Gasteiger partial charge in [0.25, 0.3) is 11.8 Å². The van der Waals surface area contributed by atoms with E-state index in [1.807, 2.05) is 53.4 Å². The monoisotopic (exact) mass is 472 g/mol. The third-order valence-electron chi connectivity index (χ3n) is 6.84. The molecule has 0 radical (unpaired) electrons. The standard InChI is InChI=1S/C28H29FN4O2/c1-2-31-14-16-32(17-15-31)27(34)21-6-5-7-23(18-21)30-26-24-8-3-4-9-25(24)28(35)33(26)19-20-10-12-22(29)13-11-20/h3-13,18,26,30H,2,14-17,19H2,1H3. The maximum Gasteiger partial charge on any atom is 0.256 e. The lowest BCUT2D eigenvalue weighted by atomic mass is 10.1. The van der Waals surface area contributed by atoms with Crippen LogP contribution in [0.3, 0.4) is 0 Å². The summed E-state index contributed by atoms with van der Waals surface area (Å²) < 4.78 is 13.4. The van der Waals surface area contributed by atoms with Gasteiger partial charge in [-0.05, 0) is 48.5 Å². The molecule has 5 rings (SSSR count). The number of halogens is 1. The van der Waals surface area contributed by atoms with Crippen LogP contribution >= 0.6 is 0 Å². The van der Waals surface area contributed by atoms with Gasteiger partial charge in [-0.15, -0.1) is 0 Å². The molecule has 2 aliphatic rings. The highest BCUT2D eigenvalue weighted by atomic mass is 19.1. The van der Waals surface area contributed by atoms with Gasteiger partial charge in [0.05, 0.1) is 0 Å². The summed E-state index contributed by atoms with van der Waals surface area (Å²) >= 11 is 0. The summed E-state index contributed by atoms with van der Waals surface area (Å²) in [5, 5.41) is 3.48. The van der Waals surface area contributed by atoms with Crippen LogP contribution in [-0.2, 0) is 6.54 Å². The van der Waals surface area contributed by atoms with Gasteiger partial charge in [-0.1, -0.05) is 43.3 Å². The molecule has 2 heterocycles. The SMILES string of the molecule is CCN1CCN(C(=O)c2cccc(NC3c4ccccc4C(=O)N3Cc3ccc(F)cc3)c2)CC1. The van der Waals surface area contributed by atoms with Crippen LogP contribution in [0.25, 0.3) is 0 Å². The zero-order valence-corrected chi connectivity index (χ0v) is 19.8. The van der Waals surface area contributed by atoms with Crippen molar-refractivity contribution in [2.45, 2.75) is 19.6 Å².